The molecule has 136 valence electrons. The molecule has 4 aromatic carbocycles. The van der Waals surface area contributed by atoms with Crippen LogP contribution in [0.1, 0.15) is 0 Å². The van der Waals surface area contributed by atoms with E-state index < -0.39 is 10.1 Å². The summed E-state index contributed by atoms with van der Waals surface area (Å²) in [4.78, 5) is -0.0457. The molecule has 0 bridgehead atoms. The summed E-state index contributed by atoms with van der Waals surface area (Å²) >= 11 is 0. The molecule has 5 heteroatoms. The predicted molar refractivity (Wildman–Crippen MR) is 110 cm³/mol. The van der Waals surface area contributed by atoms with E-state index in [1.807, 2.05) is 66.7 Å². The van der Waals surface area contributed by atoms with Crippen molar-refractivity contribution < 1.29 is 13.0 Å². The molecule has 0 atom stereocenters. The van der Waals surface area contributed by atoms with E-state index >= 15 is 0 Å². The summed E-state index contributed by atoms with van der Waals surface area (Å²) in [6, 6.07) is 32.1. The van der Waals surface area contributed by atoms with Gasteiger partial charge in [-0.05, 0) is 35.7 Å². The number of rotatable bonds is 3. The zero-order chi connectivity index (χ0) is 19.1. The van der Waals surface area contributed by atoms with Crippen LogP contribution in [-0.2, 0) is 10.1 Å². The van der Waals surface area contributed by atoms with Crippen LogP contribution in [0.15, 0.2) is 108 Å². The average molecular weight is 377 g/mol. The van der Waals surface area contributed by atoms with Crippen LogP contribution in [0, 0.1) is 0 Å². The van der Waals surface area contributed by atoms with Crippen molar-refractivity contribution in [3.8, 4) is 0 Å². The Balaban J connectivity index is 0.000000156. The smallest absolute Gasteiger partial charge is 0.295 e. The summed E-state index contributed by atoms with van der Waals surface area (Å²) < 4.78 is 31.0. The molecule has 0 aliphatic carbocycles. The normalized spacial score (nSPS) is 10.7. The van der Waals surface area contributed by atoms with Gasteiger partial charge in [0.2, 0.25) is 0 Å². The van der Waals surface area contributed by atoms with E-state index in [1.165, 1.54) is 6.07 Å². The second-order valence-corrected chi connectivity index (χ2v) is 7.20. The molecule has 27 heavy (non-hydrogen) atoms. The highest BCUT2D eigenvalue weighted by Gasteiger charge is 2.12. The molecule has 0 aromatic heterocycles. The number of hydrogen-bond donors (Lipinski definition) is 2. The van der Waals surface area contributed by atoms with Crippen molar-refractivity contribution in [2.24, 2.45) is 0 Å². The molecule has 0 heterocycles. The molecular formula is C22H19NO3S. The van der Waals surface area contributed by atoms with E-state index in [1.54, 1.807) is 30.3 Å². The SMILES string of the molecule is O=S(=O)(O)c1cccc2ccccc12.c1ccc(Nc2ccccc2)cc1. The first-order chi connectivity index (χ1) is 13.0. The van der Waals surface area contributed by atoms with Crippen molar-refractivity contribution in [1.29, 1.82) is 0 Å². The van der Waals surface area contributed by atoms with Crippen molar-refractivity contribution in [3.63, 3.8) is 0 Å². The van der Waals surface area contributed by atoms with E-state index in [2.05, 4.69) is 5.32 Å². The van der Waals surface area contributed by atoms with Gasteiger partial charge in [0.25, 0.3) is 10.1 Å². The minimum absolute atomic E-state index is 0.0457. The number of nitrogens with one attached hydrogen (secondary N) is 1. The Morgan fingerprint density at radius 1 is 0.593 bits per heavy atom. The quantitative estimate of drug-likeness (QED) is 0.462. The molecule has 0 amide bonds. The molecule has 0 spiro atoms. The largest absolute Gasteiger partial charge is 0.356 e. The second kappa shape index (κ2) is 8.49. The van der Waals surface area contributed by atoms with Crippen molar-refractivity contribution in [2.45, 2.75) is 4.90 Å². The maximum Gasteiger partial charge on any atom is 0.295 e. The van der Waals surface area contributed by atoms with Crippen molar-refractivity contribution in [1.82, 2.24) is 0 Å². The fraction of sp³-hybridized carbons (Fsp3) is 0. The van der Waals surface area contributed by atoms with E-state index in [0.29, 0.717) is 5.39 Å². The Morgan fingerprint density at radius 2 is 1.07 bits per heavy atom. The molecule has 2 N–H and O–H groups in total. The molecule has 0 aliphatic rings. The van der Waals surface area contributed by atoms with Crippen LogP contribution in [0.3, 0.4) is 0 Å². The fourth-order valence-electron chi connectivity index (χ4n) is 2.63. The topological polar surface area (TPSA) is 66.4 Å². The Labute approximate surface area is 158 Å². The van der Waals surface area contributed by atoms with E-state index in [-0.39, 0.29) is 4.90 Å². The number of para-hydroxylation sites is 2. The zero-order valence-corrected chi connectivity index (χ0v) is 15.3. The lowest BCUT2D eigenvalue weighted by molar-refractivity contribution is 0.484. The summed E-state index contributed by atoms with van der Waals surface area (Å²) in [7, 11) is -4.13. The number of fused-ring (bicyclic) bond motifs is 1. The lowest BCUT2D eigenvalue weighted by Gasteiger charge is -2.04. The Hall–Kier alpha value is -3.15. The Bertz CT molecular complexity index is 1070. The standard InChI is InChI=1S/C12H11N.C10H8O3S/c1-3-7-11(8-4-1)13-12-9-5-2-6-10-12;11-14(12,13)10-7-3-5-8-4-1-2-6-9(8)10/h1-10,13H;1-7H,(H,11,12,13). The molecule has 0 fully saturated rings. The third kappa shape index (κ3) is 5.17. The summed E-state index contributed by atoms with van der Waals surface area (Å²) in [5, 5.41) is 4.64. The number of anilines is 2. The van der Waals surface area contributed by atoms with E-state index in [0.717, 1.165) is 16.8 Å². The fourth-order valence-corrected chi connectivity index (χ4v) is 3.34. The molecular weight excluding hydrogens is 358 g/mol. The van der Waals surface area contributed by atoms with Crippen LogP contribution in [0.4, 0.5) is 11.4 Å². The molecule has 0 unspecified atom stereocenters. The van der Waals surface area contributed by atoms with Crippen LogP contribution in [-0.4, -0.2) is 13.0 Å². The first-order valence-corrected chi connectivity index (χ1v) is 9.80. The second-order valence-electron chi connectivity index (χ2n) is 5.81. The van der Waals surface area contributed by atoms with Gasteiger partial charge in [0.15, 0.2) is 0 Å². The van der Waals surface area contributed by atoms with Gasteiger partial charge in [0.1, 0.15) is 4.90 Å². The van der Waals surface area contributed by atoms with Gasteiger partial charge in [-0.1, -0.05) is 72.8 Å². The predicted octanol–water partition coefficient (Wildman–Crippen LogP) is 5.52. The number of benzene rings is 4. The molecule has 0 saturated carbocycles. The van der Waals surface area contributed by atoms with Crippen molar-refractivity contribution in [2.75, 3.05) is 5.32 Å². The summed E-state index contributed by atoms with van der Waals surface area (Å²) in [6.45, 7) is 0. The molecule has 4 rings (SSSR count). The minimum Gasteiger partial charge on any atom is -0.356 e. The maximum absolute atomic E-state index is 11.0. The van der Waals surface area contributed by atoms with Crippen LogP contribution < -0.4 is 5.32 Å². The van der Waals surface area contributed by atoms with E-state index in [9.17, 15) is 8.42 Å². The molecule has 4 nitrogen and oxygen atoms in total. The lowest BCUT2D eigenvalue weighted by Crippen LogP contribution is -1.98. The third-order valence-electron chi connectivity index (χ3n) is 3.86. The zero-order valence-electron chi connectivity index (χ0n) is 14.5. The van der Waals surface area contributed by atoms with Gasteiger partial charge in [-0.2, -0.15) is 8.42 Å². The maximum atomic E-state index is 11.0. The minimum atomic E-state index is -4.13. The molecule has 0 saturated heterocycles. The van der Waals surface area contributed by atoms with Gasteiger partial charge >= 0.3 is 0 Å². The monoisotopic (exact) mass is 377 g/mol. The highest BCUT2D eigenvalue weighted by atomic mass is 32.2. The molecule has 0 aliphatic heterocycles. The summed E-state index contributed by atoms with van der Waals surface area (Å²) in [6.07, 6.45) is 0. The van der Waals surface area contributed by atoms with Crippen LogP contribution in [0.2, 0.25) is 0 Å². The van der Waals surface area contributed by atoms with Gasteiger partial charge in [-0.15, -0.1) is 0 Å². The third-order valence-corrected chi connectivity index (χ3v) is 4.78. The summed E-state index contributed by atoms with van der Waals surface area (Å²) in [5.74, 6) is 0. The Morgan fingerprint density at radius 3 is 1.63 bits per heavy atom. The highest BCUT2D eigenvalue weighted by molar-refractivity contribution is 7.86. The van der Waals surface area contributed by atoms with Gasteiger partial charge in [-0.25, -0.2) is 0 Å². The van der Waals surface area contributed by atoms with Gasteiger partial charge < -0.3 is 5.32 Å². The van der Waals surface area contributed by atoms with Crippen LogP contribution >= 0.6 is 0 Å². The van der Waals surface area contributed by atoms with Crippen molar-refractivity contribution >= 4 is 32.3 Å². The van der Waals surface area contributed by atoms with E-state index in [4.69, 9.17) is 4.55 Å². The van der Waals surface area contributed by atoms with Gasteiger partial charge in [-0.3, -0.25) is 4.55 Å². The summed E-state index contributed by atoms with van der Waals surface area (Å²) in [5.41, 5.74) is 2.24. The van der Waals surface area contributed by atoms with Crippen molar-refractivity contribution in [3.05, 3.63) is 103 Å². The molecule has 4 aromatic rings. The average Bonchev–Trinajstić information content (AvgIpc) is 2.69. The highest BCUT2D eigenvalue weighted by Crippen LogP contribution is 2.22. The lowest BCUT2D eigenvalue weighted by atomic mass is 10.1. The van der Waals surface area contributed by atoms with Crippen LogP contribution in [0.5, 0.6) is 0 Å². The first kappa shape index (κ1) is 18.6. The van der Waals surface area contributed by atoms with Crippen LogP contribution in [0.25, 0.3) is 10.8 Å². The van der Waals surface area contributed by atoms with Gasteiger partial charge in [0, 0.05) is 16.8 Å². The molecule has 0 radical (unpaired) electrons. The number of hydrogen-bond acceptors (Lipinski definition) is 3. The first-order valence-electron chi connectivity index (χ1n) is 8.36. The van der Waals surface area contributed by atoms with Gasteiger partial charge in [0.05, 0.1) is 0 Å². The Kier molecular flexibility index (Phi) is 5.86.